The topological polar surface area (TPSA) is 35.2 Å². The summed E-state index contributed by atoms with van der Waals surface area (Å²) in [5.74, 6) is 0. The maximum Gasteiger partial charge on any atom is 0.423 e. The molecule has 0 saturated carbocycles. The molecule has 112 valence electrons. The Kier molecular flexibility index (Phi) is 4.98. The monoisotopic (exact) mass is 317 g/mol. The molecule has 0 aromatic heterocycles. The number of nitrogens with two attached hydrogens (primary N) is 1. The van der Waals surface area contributed by atoms with Crippen molar-refractivity contribution in [3.05, 3.63) is 35.4 Å². The van der Waals surface area contributed by atoms with Crippen molar-refractivity contribution in [2.45, 2.75) is 25.1 Å². The number of ether oxygens (including phenoxy) is 1. The fourth-order valence-corrected chi connectivity index (χ4v) is 1.46. The number of alkyl halides is 6. The van der Waals surface area contributed by atoms with Gasteiger partial charge < -0.3 is 10.5 Å². The van der Waals surface area contributed by atoms with Crippen molar-refractivity contribution in [2.75, 3.05) is 0 Å². The van der Waals surface area contributed by atoms with Crippen molar-refractivity contribution in [3.8, 4) is 0 Å². The number of rotatable bonds is 4. The molecule has 2 N–H and O–H groups in total. The first-order valence-corrected chi connectivity index (χ1v) is 5.56. The van der Waals surface area contributed by atoms with Gasteiger partial charge in [-0.1, -0.05) is 36.5 Å². The maximum atomic E-state index is 12.2. The van der Waals surface area contributed by atoms with Crippen molar-refractivity contribution < 1.29 is 31.1 Å². The lowest BCUT2D eigenvalue weighted by Crippen LogP contribution is -2.44. The van der Waals surface area contributed by atoms with Crippen molar-refractivity contribution in [3.63, 3.8) is 0 Å². The number of hydrogen-bond donors (Lipinski definition) is 1. The molecule has 0 aliphatic heterocycles. The highest BCUT2D eigenvalue weighted by Crippen LogP contribution is 2.36. The van der Waals surface area contributed by atoms with Crippen LogP contribution in [-0.2, 0) is 11.3 Å². The second kappa shape index (κ2) is 5.96. The second-order valence-corrected chi connectivity index (χ2v) is 4.28. The highest BCUT2D eigenvalue weighted by Gasteiger charge is 2.57. The molecule has 9 heteroatoms. The van der Waals surface area contributed by atoms with Crippen LogP contribution in [0.15, 0.2) is 24.3 Å². The van der Waals surface area contributed by atoms with Gasteiger partial charge in [0.2, 0.25) is 6.10 Å². The molecule has 2 nitrogen and oxygen atoms in total. The van der Waals surface area contributed by atoms with Crippen molar-refractivity contribution in [1.82, 2.24) is 0 Å². The molecule has 1 aromatic carbocycles. The molecular weight excluding hydrogens is 308 g/mol. The van der Waals surface area contributed by atoms with Crippen molar-refractivity contribution in [2.24, 2.45) is 5.73 Å². The number of thiocarbonyl (C=S) groups is 1. The van der Waals surface area contributed by atoms with Crippen LogP contribution < -0.4 is 5.73 Å². The summed E-state index contributed by atoms with van der Waals surface area (Å²) in [6.45, 7) is -0.832. The highest BCUT2D eigenvalue weighted by atomic mass is 32.1. The molecule has 0 aliphatic rings. The van der Waals surface area contributed by atoms with Crippen LogP contribution >= 0.6 is 12.2 Å². The van der Waals surface area contributed by atoms with Crippen LogP contribution in [0, 0.1) is 0 Å². The largest absolute Gasteiger partial charge is 0.423 e. The summed E-state index contributed by atoms with van der Waals surface area (Å²) in [4.78, 5) is 0.0703. The van der Waals surface area contributed by atoms with Gasteiger partial charge in [0.15, 0.2) is 0 Å². The van der Waals surface area contributed by atoms with E-state index in [0.29, 0.717) is 5.56 Å². The Bertz CT molecular complexity index is 453. The van der Waals surface area contributed by atoms with E-state index in [2.05, 4.69) is 17.0 Å². The number of benzene rings is 1. The van der Waals surface area contributed by atoms with E-state index >= 15 is 0 Å². The van der Waals surface area contributed by atoms with Gasteiger partial charge in [0.1, 0.15) is 4.99 Å². The van der Waals surface area contributed by atoms with Crippen LogP contribution in [0.5, 0.6) is 0 Å². The first-order valence-electron chi connectivity index (χ1n) is 5.15. The molecule has 0 radical (unpaired) electrons. The Morgan fingerprint density at radius 2 is 1.50 bits per heavy atom. The lowest BCUT2D eigenvalue weighted by molar-refractivity contribution is -0.324. The molecule has 0 atom stereocenters. The SMILES string of the molecule is NC(=S)c1ccc(COC(C(F)(F)F)C(F)(F)F)cc1. The van der Waals surface area contributed by atoms with Gasteiger partial charge in [-0.25, -0.2) is 0 Å². The first kappa shape index (κ1) is 16.7. The third-order valence-electron chi connectivity index (χ3n) is 2.25. The summed E-state index contributed by atoms with van der Waals surface area (Å²) in [5, 5.41) is 0. The number of hydrogen-bond acceptors (Lipinski definition) is 2. The standard InChI is InChI=1S/C11H9F6NOS/c12-10(13,14)9(11(15,16)17)19-5-6-1-3-7(4-2-6)8(18)20/h1-4,9H,5H2,(H2,18,20). The molecule has 0 bridgehead atoms. The fraction of sp³-hybridized carbons (Fsp3) is 0.364. The lowest BCUT2D eigenvalue weighted by Gasteiger charge is -2.23. The van der Waals surface area contributed by atoms with Crippen LogP contribution in [0.2, 0.25) is 0 Å². The van der Waals surface area contributed by atoms with Gasteiger partial charge in [-0.15, -0.1) is 0 Å². The Labute approximate surface area is 115 Å². The van der Waals surface area contributed by atoms with E-state index in [1.54, 1.807) is 0 Å². The van der Waals surface area contributed by atoms with Gasteiger partial charge >= 0.3 is 12.4 Å². The van der Waals surface area contributed by atoms with E-state index in [1.165, 1.54) is 24.3 Å². The van der Waals surface area contributed by atoms with Crippen LogP contribution in [0.4, 0.5) is 26.3 Å². The minimum Gasteiger partial charge on any atom is -0.389 e. The van der Waals surface area contributed by atoms with E-state index in [1.807, 2.05) is 0 Å². The average Bonchev–Trinajstić information content (AvgIpc) is 2.26. The van der Waals surface area contributed by atoms with Gasteiger partial charge in [-0.05, 0) is 5.56 Å². The van der Waals surface area contributed by atoms with Gasteiger partial charge in [0, 0.05) is 5.56 Å². The average molecular weight is 317 g/mol. The second-order valence-electron chi connectivity index (χ2n) is 3.84. The van der Waals surface area contributed by atoms with E-state index in [9.17, 15) is 26.3 Å². The molecule has 0 fully saturated rings. The zero-order valence-corrected chi connectivity index (χ0v) is 10.6. The van der Waals surface area contributed by atoms with E-state index in [0.717, 1.165) is 0 Å². The fourth-order valence-electron chi connectivity index (χ4n) is 1.32. The molecule has 0 saturated heterocycles. The van der Waals surface area contributed by atoms with E-state index in [-0.39, 0.29) is 10.6 Å². The van der Waals surface area contributed by atoms with Crippen LogP contribution in [0.3, 0.4) is 0 Å². The van der Waals surface area contributed by atoms with Gasteiger partial charge in [0.05, 0.1) is 6.61 Å². The third-order valence-corrected chi connectivity index (χ3v) is 2.49. The predicted octanol–water partition coefficient (Wildman–Crippen LogP) is 3.33. The smallest absolute Gasteiger partial charge is 0.389 e. The molecule has 1 rings (SSSR count). The molecule has 1 aromatic rings. The van der Waals surface area contributed by atoms with E-state index in [4.69, 9.17) is 5.73 Å². The summed E-state index contributed by atoms with van der Waals surface area (Å²) in [5.41, 5.74) is 5.90. The Hall–Kier alpha value is -1.35. The summed E-state index contributed by atoms with van der Waals surface area (Å²) in [6.07, 6.45) is -14.8. The lowest BCUT2D eigenvalue weighted by atomic mass is 10.1. The minimum atomic E-state index is -5.52. The normalized spacial score (nSPS) is 12.8. The summed E-state index contributed by atoms with van der Waals surface area (Å²) < 4.78 is 77.2. The van der Waals surface area contributed by atoms with Crippen LogP contribution in [0.1, 0.15) is 11.1 Å². The highest BCUT2D eigenvalue weighted by molar-refractivity contribution is 7.80. The summed E-state index contributed by atoms with van der Waals surface area (Å²) in [6, 6.07) is 5.35. The summed E-state index contributed by atoms with van der Waals surface area (Å²) >= 11 is 4.66. The van der Waals surface area contributed by atoms with Crippen molar-refractivity contribution in [1.29, 1.82) is 0 Å². The molecular formula is C11H9F6NOS. The maximum absolute atomic E-state index is 12.2. The molecule has 0 aliphatic carbocycles. The van der Waals surface area contributed by atoms with Crippen LogP contribution in [-0.4, -0.2) is 23.4 Å². The Morgan fingerprint density at radius 1 is 1.05 bits per heavy atom. The molecule has 0 amide bonds. The van der Waals surface area contributed by atoms with Gasteiger partial charge in [-0.3, -0.25) is 0 Å². The van der Waals surface area contributed by atoms with Crippen molar-refractivity contribution >= 4 is 17.2 Å². The predicted molar refractivity (Wildman–Crippen MR) is 63.0 cm³/mol. The molecule has 0 unspecified atom stereocenters. The molecule has 0 heterocycles. The molecule has 0 spiro atoms. The minimum absolute atomic E-state index is 0.0703. The van der Waals surface area contributed by atoms with Gasteiger partial charge in [0.25, 0.3) is 0 Å². The van der Waals surface area contributed by atoms with Gasteiger partial charge in [-0.2, -0.15) is 26.3 Å². The first-order chi connectivity index (χ1) is 9.01. The van der Waals surface area contributed by atoms with Crippen LogP contribution in [0.25, 0.3) is 0 Å². The zero-order chi connectivity index (χ0) is 15.6. The Morgan fingerprint density at radius 3 is 1.85 bits per heavy atom. The third kappa shape index (κ3) is 4.64. The number of halogens is 6. The van der Waals surface area contributed by atoms with E-state index < -0.39 is 25.1 Å². The quantitative estimate of drug-likeness (QED) is 0.683. The zero-order valence-electron chi connectivity index (χ0n) is 9.76. The molecule has 20 heavy (non-hydrogen) atoms. The Balaban J connectivity index is 2.76. The summed E-state index contributed by atoms with van der Waals surface area (Å²) in [7, 11) is 0.